The van der Waals surface area contributed by atoms with Gasteiger partial charge >= 0.3 is 5.97 Å². The number of carboxylic acids is 1. The molecule has 0 aliphatic rings. The number of hydrogen-bond acceptors (Lipinski definition) is 4. The van der Waals surface area contributed by atoms with Gasteiger partial charge in [-0.3, -0.25) is 0 Å². The lowest BCUT2D eigenvalue weighted by molar-refractivity contribution is 0.0696. The van der Waals surface area contributed by atoms with Crippen molar-refractivity contribution in [2.45, 2.75) is 11.4 Å². The van der Waals surface area contributed by atoms with Gasteiger partial charge in [0.05, 0.1) is 17.1 Å². The van der Waals surface area contributed by atoms with Crippen LogP contribution in [0.4, 0.5) is 0 Å². The first-order valence-electron chi connectivity index (χ1n) is 5.80. The molecule has 0 saturated carbocycles. The Morgan fingerprint density at radius 1 is 1.48 bits per heavy atom. The largest absolute Gasteiger partial charge is 0.478 e. The second kappa shape index (κ2) is 5.84. The Kier molecular flexibility index (Phi) is 4.31. The number of imidazole rings is 1. The Bertz CT molecular complexity index is 786. The first kappa shape index (κ1) is 15.5. The van der Waals surface area contributed by atoms with Gasteiger partial charge in [0.2, 0.25) is 10.0 Å². The summed E-state index contributed by atoms with van der Waals surface area (Å²) in [6.45, 7) is -0.0283. The van der Waals surface area contributed by atoms with Crippen LogP contribution in [-0.4, -0.2) is 29.0 Å². The van der Waals surface area contributed by atoms with E-state index in [0.717, 1.165) is 6.07 Å². The molecular weight excluding hydrogens is 318 g/mol. The molecule has 7 nitrogen and oxygen atoms in total. The van der Waals surface area contributed by atoms with Gasteiger partial charge in [0.1, 0.15) is 10.7 Å². The van der Waals surface area contributed by atoms with E-state index in [1.165, 1.54) is 12.1 Å². The van der Waals surface area contributed by atoms with Gasteiger partial charge in [-0.1, -0.05) is 11.6 Å². The Morgan fingerprint density at radius 3 is 2.76 bits per heavy atom. The summed E-state index contributed by atoms with van der Waals surface area (Å²) in [6.07, 6.45) is 3.23. The first-order valence-corrected chi connectivity index (χ1v) is 7.66. The van der Waals surface area contributed by atoms with Crippen molar-refractivity contribution in [3.8, 4) is 0 Å². The number of carbonyl (C=O) groups is 1. The molecule has 0 amide bonds. The van der Waals surface area contributed by atoms with Gasteiger partial charge in [-0.15, -0.1) is 0 Å². The van der Waals surface area contributed by atoms with Gasteiger partial charge in [0.25, 0.3) is 0 Å². The van der Waals surface area contributed by atoms with Crippen molar-refractivity contribution in [3.63, 3.8) is 0 Å². The van der Waals surface area contributed by atoms with Crippen molar-refractivity contribution in [3.05, 3.63) is 47.0 Å². The number of benzene rings is 1. The van der Waals surface area contributed by atoms with Crippen molar-refractivity contribution >= 4 is 27.6 Å². The molecule has 0 aliphatic heterocycles. The Morgan fingerprint density at radius 2 is 2.19 bits per heavy atom. The lowest BCUT2D eigenvalue weighted by Gasteiger charge is -2.09. The van der Waals surface area contributed by atoms with Crippen molar-refractivity contribution in [2.24, 2.45) is 7.05 Å². The maximum Gasteiger partial charge on any atom is 0.335 e. The van der Waals surface area contributed by atoms with Crippen LogP contribution in [0.2, 0.25) is 5.02 Å². The van der Waals surface area contributed by atoms with Crippen LogP contribution in [-0.2, 0) is 23.6 Å². The molecule has 0 spiro atoms. The molecule has 0 aliphatic carbocycles. The van der Waals surface area contributed by atoms with E-state index in [0.29, 0.717) is 5.82 Å². The SMILES string of the molecule is Cn1ccnc1CNS(=O)(=O)c1cc(C(=O)O)ccc1Cl. The highest BCUT2D eigenvalue weighted by Gasteiger charge is 2.20. The van der Waals surface area contributed by atoms with Crippen LogP contribution in [0.3, 0.4) is 0 Å². The van der Waals surface area contributed by atoms with Crippen molar-refractivity contribution in [2.75, 3.05) is 0 Å². The summed E-state index contributed by atoms with van der Waals surface area (Å²) in [6, 6.07) is 3.49. The second-order valence-electron chi connectivity index (χ2n) is 4.23. The average molecular weight is 330 g/mol. The number of halogens is 1. The van der Waals surface area contributed by atoms with Gasteiger partial charge in [-0.2, -0.15) is 0 Å². The van der Waals surface area contributed by atoms with Gasteiger partial charge in [0, 0.05) is 19.4 Å². The smallest absolute Gasteiger partial charge is 0.335 e. The molecule has 1 heterocycles. The van der Waals surface area contributed by atoms with Crippen LogP contribution in [0.15, 0.2) is 35.5 Å². The summed E-state index contributed by atoms with van der Waals surface area (Å²) in [5, 5.41) is 8.86. The van der Waals surface area contributed by atoms with E-state index in [9.17, 15) is 13.2 Å². The number of hydrogen-bond donors (Lipinski definition) is 2. The molecule has 2 rings (SSSR count). The predicted molar refractivity (Wildman–Crippen MR) is 75.6 cm³/mol. The van der Waals surface area contributed by atoms with E-state index in [1.807, 2.05) is 0 Å². The van der Waals surface area contributed by atoms with Crippen molar-refractivity contribution in [1.82, 2.24) is 14.3 Å². The minimum Gasteiger partial charge on any atom is -0.478 e. The van der Waals surface area contributed by atoms with E-state index in [2.05, 4.69) is 9.71 Å². The average Bonchev–Trinajstić information content (AvgIpc) is 2.82. The quantitative estimate of drug-likeness (QED) is 0.859. The number of nitrogens with one attached hydrogen (secondary N) is 1. The minimum absolute atomic E-state index is 0.0283. The van der Waals surface area contributed by atoms with Gasteiger partial charge < -0.3 is 9.67 Å². The molecule has 0 radical (unpaired) electrons. The third-order valence-electron chi connectivity index (χ3n) is 2.81. The molecule has 0 saturated heterocycles. The summed E-state index contributed by atoms with van der Waals surface area (Å²) < 4.78 is 28.4. The summed E-state index contributed by atoms with van der Waals surface area (Å²) in [5.41, 5.74) is -0.156. The summed E-state index contributed by atoms with van der Waals surface area (Å²) in [7, 11) is -2.21. The predicted octanol–water partition coefficient (Wildman–Crippen LogP) is 1.25. The first-order chi connectivity index (χ1) is 9.81. The second-order valence-corrected chi connectivity index (χ2v) is 6.37. The topological polar surface area (TPSA) is 101 Å². The van der Waals surface area contributed by atoms with E-state index in [4.69, 9.17) is 16.7 Å². The zero-order valence-corrected chi connectivity index (χ0v) is 12.5. The highest BCUT2D eigenvalue weighted by molar-refractivity contribution is 7.89. The van der Waals surface area contributed by atoms with Crippen molar-refractivity contribution in [1.29, 1.82) is 0 Å². The monoisotopic (exact) mass is 329 g/mol. The van der Waals surface area contributed by atoms with E-state index >= 15 is 0 Å². The van der Waals surface area contributed by atoms with Crippen LogP contribution in [0.1, 0.15) is 16.2 Å². The fourth-order valence-corrected chi connectivity index (χ4v) is 3.15. The van der Waals surface area contributed by atoms with Crippen molar-refractivity contribution < 1.29 is 18.3 Å². The fourth-order valence-electron chi connectivity index (χ4n) is 1.65. The maximum absolute atomic E-state index is 12.2. The minimum atomic E-state index is -3.94. The number of rotatable bonds is 5. The van der Waals surface area contributed by atoms with E-state index in [-0.39, 0.29) is 22.0 Å². The normalized spacial score (nSPS) is 11.5. The number of aryl methyl sites for hydroxylation is 1. The van der Waals surface area contributed by atoms with Gasteiger partial charge in [-0.05, 0) is 18.2 Å². The number of nitrogens with zero attached hydrogens (tertiary/aromatic N) is 2. The lowest BCUT2D eigenvalue weighted by Crippen LogP contribution is -2.25. The highest BCUT2D eigenvalue weighted by Crippen LogP contribution is 2.22. The molecule has 112 valence electrons. The summed E-state index contributed by atoms with van der Waals surface area (Å²) in [5.74, 6) is -0.712. The van der Waals surface area contributed by atoms with Gasteiger partial charge in [-0.25, -0.2) is 22.9 Å². The van der Waals surface area contributed by atoms with E-state index in [1.54, 1.807) is 24.0 Å². The lowest BCUT2D eigenvalue weighted by atomic mass is 10.2. The molecule has 2 aromatic rings. The van der Waals surface area contributed by atoms with Crippen LogP contribution < -0.4 is 4.72 Å². The zero-order valence-electron chi connectivity index (χ0n) is 10.9. The molecular formula is C12H12ClN3O4S. The molecule has 1 aromatic heterocycles. The third kappa shape index (κ3) is 3.41. The summed E-state index contributed by atoms with van der Waals surface area (Å²) in [4.78, 5) is 14.6. The molecule has 0 bridgehead atoms. The number of aromatic nitrogens is 2. The molecule has 2 N–H and O–H groups in total. The number of carboxylic acid groups (broad SMARTS) is 1. The number of aromatic carboxylic acids is 1. The molecule has 0 atom stereocenters. The van der Waals surface area contributed by atoms with Gasteiger partial charge in [0.15, 0.2) is 0 Å². The summed E-state index contributed by atoms with van der Waals surface area (Å²) >= 11 is 5.84. The Balaban J connectivity index is 2.29. The molecule has 1 aromatic carbocycles. The fraction of sp³-hybridized carbons (Fsp3) is 0.167. The van der Waals surface area contributed by atoms with Crippen LogP contribution in [0.25, 0.3) is 0 Å². The standard InChI is InChI=1S/C12H12ClN3O4S/c1-16-5-4-14-11(16)7-15-21(19,20)10-6-8(12(17)18)2-3-9(10)13/h2-6,15H,7H2,1H3,(H,17,18). The van der Waals surface area contributed by atoms with Crippen LogP contribution in [0.5, 0.6) is 0 Å². The molecule has 9 heteroatoms. The van der Waals surface area contributed by atoms with Crippen LogP contribution in [0, 0.1) is 0 Å². The molecule has 21 heavy (non-hydrogen) atoms. The highest BCUT2D eigenvalue weighted by atomic mass is 35.5. The Hall–Kier alpha value is -1.90. The Labute approximate surface area is 126 Å². The third-order valence-corrected chi connectivity index (χ3v) is 4.69. The molecule has 0 unspecified atom stereocenters. The van der Waals surface area contributed by atoms with E-state index < -0.39 is 16.0 Å². The van der Waals surface area contributed by atoms with Crippen LogP contribution >= 0.6 is 11.6 Å². The number of sulfonamides is 1. The maximum atomic E-state index is 12.2. The molecule has 0 fully saturated rings. The zero-order chi connectivity index (χ0) is 15.6.